The number of carbonyl (C=O) groups is 1. The Morgan fingerprint density at radius 1 is 1.33 bits per heavy atom. The van der Waals surface area contributed by atoms with Crippen LogP contribution in [0.25, 0.3) is 0 Å². The summed E-state index contributed by atoms with van der Waals surface area (Å²) >= 11 is 1.36. The van der Waals surface area contributed by atoms with Crippen LogP contribution in [0.4, 0.5) is 0 Å². The highest BCUT2D eigenvalue weighted by Crippen LogP contribution is 2.19. The van der Waals surface area contributed by atoms with Crippen molar-refractivity contribution in [3.63, 3.8) is 0 Å². The Labute approximate surface area is 128 Å². The molecule has 0 fully saturated rings. The van der Waals surface area contributed by atoms with Crippen LogP contribution in [0.2, 0.25) is 0 Å². The Morgan fingerprint density at radius 2 is 2.05 bits per heavy atom. The maximum absolute atomic E-state index is 12.4. The number of rotatable bonds is 7. The van der Waals surface area contributed by atoms with Crippen molar-refractivity contribution in [3.05, 3.63) is 41.5 Å². The molecule has 6 heteroatoms. The van der Waals surface area contributed by atoms with Gasteiger partial charge >= 0.3 is 0 Å². The highest BCUT2D eigenvalue weighted by Gasteiger charge is 2.16. The predicted molar refractivity (Wildman–Crippen MR) is 82.9 cm³/mol. The van der Waals surface area contributed by atoms with Gasteiger partial charge in [-0.05, 0) is 26.0 Å². The van der Waals surface area contributed by atoms with Gasteiger partial charge in [-0.1, -0.05) is 11.8 Å². The Kier molecular flexibility index (Phi) is 5.52. The summed E-state index contributed by atoms with van der Waals surface area (Å²) in [5.74, 6) is 0.447. The summed E-state index contributed by atoms with van der Waals surface area (Å²) in [4.78, 5) is 20.6. The third-order valence-electron chi connectivity index (χ3n) is 3.27. The molecule has 0 aromatic carbocycles. The molecular formula is C15H19N3O2S. The second-order valence-electron chi connectivity index (χ2n) is 4.67. The van der Waals surface area contributed by atoms with Gasteiger partial charge in [0.25, 0.3) is 0 Å². The lowest BCUT2D eigenvalue weighted by atomic mass is 10.2. The number of aryl methyl sites for hydroxylation is 1. The minimum atomic E-state index is 0.101. The Balaban J connectivity index is 2.05. The van der Waals surface area contributed by atoms with Crippen molar-refractivity contribution in [3.8, 4) is 0 Å². The standard InChI is InChI=1S/C15H19N3O2S/c1-11-9-13(12(2)18(11)7-8-20-3)14(19)10-21-15-16-5-4-6-17-15/h4-6,9H,7-8,10H2,1-3H3. The molecule has 2 aromatic rings. The van der Waals surface area contributed by atoms with E-state index in [1.807, 2.05) is 19.9 Å². The topological polar surface area (TPSA) is 57.0 Å². The van der Waals surface area contributed by atoms with Crippen LogP contribution >= 0.6 is 11.8 Å². The Hall–Kier alpha value is -1.66. The number of carbonyl (C=O) groups excluding carboxylic acids is 1. The van der Waals surface area contributed by atoms with Crippen LogP contribution in [0.1, 0.15) is 21.7 Å². The molecule has 0 unspecified atom stereocenters. The van der Waals surface area contributed by atoms with Gasteiger partial charge in [0.05, 0.1) is 12.4 Å². The van der Waals surface area contributed by atoms with Gasteiger partial charge in [-0.15, -0.1) is 0 Å². The lowest BCUT2D eigenvalue weighted by Gasteiger charge is -2.08. The molecule has 5 nitrogen and oxygen atoms in total. The highest BCUT2D eigenvalue weighted by molar-refractivity contribution is 7.99. The molecule has 0 spiro atoms. The first-order valence-electron chi connectivity index (χ1n) is 6.72. The van der Waals surface area contributed by atoms with Gasteiger partial charge in [0.1, 0.15) is 0 Å². The number of hydrogen-bond donors (Lipinski definition) is 0. The fourth-order valence-electron chi connectivity index (χ4n) is 2.18. The zero-order chi connectivity index (χ0) is 15.2. The van der Waals surface area contributed by atoms with E-state index in [-0.39, 0.29) is 5.78 Å². The van der Waals surface area contributed by atoms with Crippen molar-refractivity contribution >= 4 is 17.5 Å². The Morgan fingerprint density at radius 3 is 2.71 bits per heavy atom. The molecule has 0 atom stereocenters. The fraction of sp³-hybridized carbons (Fsp3) is 0.400. The summed E-state index contributed by atoms with van der Waals surface area (Å²) in [6, 6.07) is 3.70. The molecule has 0 aliphatic heterocycles. The number of aromatic nitrogens is 3. The zero-order valence-electron chi connectivity index (χ0n) is 12.5. The molecule has 0 radical (unpaired) electrons. The van der Waals surface area contributed by atoms with E-state index < -0.39 is 0 Å². The lowest BCUT2D eigenvalue weighted by molar-refractivity contribution is 0.102. The molecule has 0 bridgehead atoms. The molecule has 0 saturated heterocycles. The number of thioether (sulfide) groups is 1. The van der Waals surface area contributed by atoms with E-state index in [9.17, 15) is 4.79 Å². The molecule has 0 aliphatic carbocycles. The maximum Gasteiger partial charge on any atom is 0.187 e. The van der Waals surface area contributed by atoms with Gasteiger partial charge in [0.15, 0.2) is 10.9 Å². The minimum Gasteiger partial charge on any atom is -0.383 e. The van der Waals surface area contributed by atoms with Gasteiger partial charge in [0, 0.05) is 43.0 Å². The van der Waals surface area contributed by atoms with E-state index in [2.05, 4.69) is 14.5 Å². The van der Waals surface area contributed by atoms with Crippen LogP contribution in [0.3, 0.4) is 0 Å². The van der Waals surface area contributed by atoms with Crippen LogP contribution in [-0.4, -0.2) is 39.8 Å². The smallest absolute Gasteiger partial charge is 0.187 e. The van der Waals surface area contributed by atoms with Crippen LogP contribution in [0, 0.1) is 13.8 Å². The number of Topliss-reactive ketones (excluding diaryl/α,β-unsaturated/α-hetero) is 1. The first kappa shape index (κ1) is 15.7. The molecular weight excluding hydrogens is 286 g/mol. The second-order valence-corrected chi connectivity index (χ2v) is 5.61. The van der Waals surface area contributed by atoms with Crippen LogP contribution in [-0.2, 0) is 11.3 Å². The summed E-state index contributed by atoms with van der Waals surface area (Å²) in [7, 11) is 1.68. The number of ketones is 1. The van der Waals surface area contributed by atoms with Gasteiger partial charge in [-0.25, -0.2) is 9.97 Å². The summed E-state index contributed by atoms with van der Waals surface area (Å²) in [5.41, 5.74) is 2.84. The van der Waals surface area contributed by atoms with E-state index in [1.165, 1.54) is 11.8 Å². The number of nitrogens with zero attached hydrogens (tertiary/aromatic N) is 3. The van der Waals surface area contributed by atoms with Crippen molar-refractivity contribution in [2.24, 2.45) is 0 Å². The quantitative estimate of drug-likeness (QED) is 0.447. The monoisotopic (exact) mass is 305 g/mol. The predicted octanol–water partition coefficient (Wildman–Crippen LogP) is 2.52. The molecule has 21 heavy (non-hydrogen) atoms. The molecule has 2 aromatic heterocycles. The number of hydrogen-bond acceptors (Lipinski definition) is 5. The molecule has 2 heterocycles. The van der Waals surface area contributed by atoms with E-state index >= 15 is 0 Å². The molecule has 0 aliphatic rings. The average molecular weight is 305 g/mol. The molecule has 0 N–H and O–H groups in total. The summed E-state index contributed by atoms with van der Waals surface area (Å²) < 4.78 is 7.22. The first-order chi connectivity index (χ1) is 10.1. The third kappa shape index (κ3) is 3.92. The third-order valence-corrected chi connectivity index (χ3v) is 4.14. The summed E-state index contributed by atoms with van der Waals surface area (Å²) in [6.45, 7) is 5.37. The maximum atomic E-state index is 12.4. The molecule has 2 rings (SSSR count). The Bertz CT molecular complexity index is 611. The van der Waals surface area contributed by atoms with Crippen LogP contribution in [0.5, 0.6) is 0 Å². The lowest BCUT2D eigenvalue weighted by Crippen LogP contribution is -2.09. The normalized spacial score (nSPS) is 10.8. The van der Waals surface area contributed by atoms with Crippen LogP contribution < -0.4 is 0 Å². The van der Waals surface area contributed by atoms with Gasteiger partial charge in [0.2, 0.25) is 0 Å². The summed E-state index contributed by atoms with van der Waals surface area (Å²) in [6.07, 6.45) is 3.35. The van der Waals surface area contributed by atoms with Gasteiger partial charge in [-0.3, -0.25) is 4.79 Å². The van der Waals surface area contributed by atoms with Crippen molar-refractivity contribution in [2.75, 3.05) is 19.5 Å². The van der Waals surface area contributed by atoms with Crippen LogP contribution in [0.15, 0.2) is 29.7 Å². The van der Waals surface area contributed by atoms with E-state index in [0.717, 1.165) is 23.5 Å². The molecule has 0 saturated carbocycles. The van der Waals surface area contributed by atoms with E-state index in [1.54, 1.807) is 25.6 Å². The summed E-state index contributed by atoms with van der Waals surface area (Å²) in [5, 5.41) is 0.624. The van der Waals surface area contributed by atoms with Crippen molar-refractivity contribution in [1.29, 1.82) is 0 Å². The van der Waals surface area contributed by atoms with E-state index in [4.69, 9.17) is 4.74 Å². The van der Waals surface area contributed by atoms with E-state index in [0.29, 0.717) is 17.5 Å². The molecule has 112 valence electrons. The van der Waals surface area contributed by atoms with Crippen molar-refractivity contribution in [2.45, 2.75) is 25.5 Å². The minimum absolute atomic E-state index is 0.101. The fourth-order valence-corrected chi connectivity index (χ4v) is 2.86. The largest absolute Gasteiger partial charge is 0.383 e. The molecule has 0 amide bonds. The highest BCUT2D eigenvalue weighted by atomic mass is 32.2. The van der Waals surface area contributed by atoms with Crippen molar-refractivity contribution < 1.29 is 9.53 Å². The number of methoxy groups -OCH3 is 1. The average Bonchev–Trinajstić information content (AvgIpc) is 2.79. The first-order valence-corrected chi connectivity index (χ1v) is 7.70. The zero-order valence-corrected chi connectivity index (χ0v) is 13.3. The number of ether oxygens (including phenoxy) is 1. The second kappa shape index (κ2) is 7.38. The van der Waals surface area contributed by atoms with Crippen molar-refractivity contribution in [1.82, 2.24) is 14.5 Å². The SMILES string of the molecule is COCCn1c(C)cc(C(=O)CSc2ncccn2)c1C. The van der Waals surface area contributed by atoms with Gasteiger partial charge < -0.3 is 9.30 Å². The van der Waals surface area contributed by atoms with Gasteiger partial charge in [-0.2, -0.15) is 0 Å².